The molecule has 5 nitrogen and oxygen atoms in total. The summed E-state index contributed by atoms with van der Waals surface area (Å²) in [6.45, 7) is 1.93. The number of nitriles is 1. The molecule has 0 unspecified atom stereocenters. The zero-order valence-electron chi connectivity index (χ0n) is 14.9. The molecular weight excluding hydrogens is 370 g/mol. The predicted molar refractivity (Wildman–Crippen MR) is 111 cm³/mol. The summed E-state index contributed by atoms with van der Waals surface area (Å²) >= 11 is 5.14. The number of fused-ring (bicyclic) bond motifs is 1. The number of carbonyl (C=O) groups is 1. The van der Waals surface area contributed by atoms with Crippen LogP contribution in [-0.2, 0) is 0 Å². The van der Waals surface area contributed by atoms with Gasteiger partial charge in [0.05, 0.1) is 28.2 Å². The monoisotopic (exact) mass is 385 g/mol. The number of imidazole rings is 1. The maximum Gasteiger partial charge on any atom is 0.337 e. The molecule has 4 rings (SSSR count). The number of nitrogens with one attached hydrogen (secondary N) is 2. The van der Waals surface area contributed by atoms with Gasteiger partial charge in [-0.3, -0.25) is 0 Å². The van der Waals surface area contributed by atoms with Crippen molar-refractivity contribution in [1.29, 1.82) is 5.26 Å². The predicted octanol–water partition coefficient (Wildman–Crippen LogP) is 5.44. The van der Waals surface area contributed by atoms with Gasteiger partial charge in [0.15, 0.2) is 4.77 Å². The number of hydrogen-bond acceptors (Lipinski definition) is 3. The smallest absolute Gasteiger partial charge is 0.337 e. The number of aromatic amines is 2. The molecule has 0 amide bonds. The Labute approximate surface area is 165 Å². The van der Waals surface area contributed by atoms with Crippen LogP contribution in [0.2, 0.25) is 0 Å². The Morgan fingerprint density at radius 3 is 2.25 bits per heavy atom. The number of benzene rings is 3. The first-order chi connectivity index (χ1) is 13.5. The third kappa shape index (κ3) is 2.88. The van der Waals surface area contributed by atoms with Crippen LogP contribution in [0, 0.1) is 23.0 Å². The fourth-order valence-corrected chi connectivity index (χ4v) is 3.66. The summed E-state index contributed by atoms with van der Waals surface area (Å²) in [4.78, 5) is 17.7. The molecule has 4 aromatic rings. The lowest BCUT2D eigenvalue weighted by molar-refractivity contribution is 0.0699. The number of nitrogens with zero attached hydrogens (tertiary/aromatic N) is 1. The van der Waals surface area contributed by atoms with E-state index in [0.717, 1.165) is 27.8 Å². The largest absolute Gasteiger partial charge is 0.478 e. The highest BCUT2D eigenvalue weighted by molar-refractivity contribution is 7.71. The highest BCUT2D eigenvalue weighted by Crippen LogP contribution is 2.33. The molecule has 0 saturated heterocycles. The third-order valence-electron chi connectivity index (χ3n) is 4.85. The molecule has 0 spiro atoms. The topological polar surface area (TPSA) is 92.7 Å². The first kappa shape index (κ1) is 17.7. The van der Waals surface area contributed by atoms with E-state index in [4.69, 9.17) is 12.2 Å². The lowest BCUT2D eigenvalue weighted by atomic mass is 9.94. The van der Waals surface area contributed by atoms with Crippen LogP contribution in [0.3, 0.4) is 0 Å². The average Bonchev–Trinajstić information content (AvgIpc) is 3.10. The lowest BCUT2D eigenvalue weighted by Crippen LogP contribution is -2.00. The van der Waals surface area contributed by atoms with Crippen molar-refractivity contribution in [3.05, 3.63) is 76.1 Å². The van der Waals surface area contributed by atoms with E-state index in [1.54, 1.807) is 12.1 Å². The van der Waals surface area contributed by atoms with Crippen molar-refractivity contribution < 1.29 is 9.90 Å². The Hall–Kier alpha value is -3.69. The summed E-state index contributed by atoms with van der Waals surface area (Å²) in [7, 11) is 0. The van der Waals surface area contributed by atoms with Gasteiger partial charge in [-0.15, -0.1) is 0 Å². The van der Waals surface area contributed by atoms with Crippen LogP contribution in [-0.4, -0.2) is 21.0 Å². The van der Waals surface area contributed by atoms with E-state index >= 15 is 0 Å². The third-order valence-corrected chi connectivity index (χ3v) is 5.05. The van der Waals surface area contributed by atoms with Gasteiger partial charge in [-0.1, -0.05) is 42.5 Å². The second-order valence-corrected chi connectivity index (χ2v) is 6.87. The molecule has 0 saturated carbocycles. The van der Waals surface area contributed by atoms with E-state index in [1.807, 2.05) is 49.4 Å². The second kappa shape index (κ2) is 6.80. The van der Waals surface area contributed by atoms with Gasteiger partial charge in [0.25, 0.3) is 0 Å². The fourth-order valence-electron chi connectivity index (χ4n) is 3.46. The first-order valence-electron chi connectivity index (χ1n) is 8.58. The maximum atomic E-state index is 11.7. The van der Waals surface area contributed by atoms with Crippen LogP contribution in [0.1, 0.15) is 21.5 Å². The van der Waals surface area contributed by atoms with E-state index in [9.17, 15) is 15.2 Å². The Morgan fingerprint density at radius 1 is 1.00 bits per heavy atom. The SMILES string of the molecule is Cc1c(-c2ccc(-c3ccccc3C#N)cc2)cc(C(=O)O)c2[nH]c(=S)[nH]c12. The van der Waals surface area contributed by atoms with Gasteiger partial charge in [0, 0.05) is 0 Å². The van der Waals surface area contributed by atoms with E-state index in [-0.39, 0.29) is 5.56 Å². The molecule has 0 aliphatic heterocycles. The molecule has 0 atom stereocenters. The average molecular weight is 385 g/mol. The van der Waals surface area contributed by atoms with Crippen LogP contribution in [0.25, 0.3) is 33.3 Å². The Balaban J connectivity index is 1.87. The molecule has 0 radical (unpaired) electrons. The van der Waals surface area contributed by atoms with Gasteiger partial charge in [-0.2, -0.15) is 5.26 Å². The summed E-state index contributed by atoms with van der Waals surface area (Å²) in [6, 6.07) is 19.1. The summed E-state index contributed by atoms with van der Waals surface area (Å²) in [5.74, 6) is -1.02. The van der Waals surface area contributed by atoms with E-state index < -0.39 is 5.97 Å². The lowest BCUT2D eigenvalue weighted by Gasteiger charge is -2.11. The van der Waals surface area contributed by atoms with Crippen molar-refractivity contribution >= 4 is 29.2 Å². The molecule has 1 aromatic heterocycles. The number of carboxylic acid groups (broad SMARTS) is 1. The van der Waals surface area contributed by atoms with Crippen molar-refractivity contribution in [1.82, 2.24) is 9.97 Å². The van der Waals surface area contributed by atoms with Gasteiger partial charge in [0.1, 0.15) is 0 Å². The summed E-state index contributed by atoms with van der Waals surface area (Å²) in [6.07, 6.45) is 0. The number of carboxylic acids is 1. The fraction of sp³-hybridized carbons (Fsp3) is 0.0455. The van der Waals surface area contributed by atoms with E-state index in [0.29, 0.717) is 21.4 Å². The van der Waals surface area contributed by atoms with Gasteiger partial charge in [-0.05, 0) is 59.1 Å². The second-order valence-electron chi connectivity index (χ2n) is 6.47. The van der Waals surface area contributed by atoms with Crippen LogP contribution < -0.4 is 0 Å². The van der Waals surface area contributed by atoms with E-state index in [2.05, 4.69) is 16.0 Å². The quantitative estimate of drug-likeness (QED) is 0.410. The molecule has 6 heteroatoms. The standard InChI is InChI=1S/C22H15N3O2S/c1-12-17(10-18(21(26)27)20-19(12)24-22(28)25-20)14-8-6-13(7-9-14)16-5-3-2-4-15(16)11-23/h2-10H,1H3,(H,26,27)(H2,24,25,28). The van der Waals surface area contributed by atoms with Gasteiger partial charge >= 0.3 is 5.97 Å². The van der Waals surface area contributed by atoms with Crippen LogP contribution in [0.15, 0.2) is 54.6 Å². The molecule has 1 heterocycles. The number of H-pyrrole nitrogens is 2. The molecule has 0 bridgehead atoms. The summed E-state index contributed by atoms with van der Waals surface area (Å²) in [5, 5.41) is 18.9. The molecule has 136 valence electrons. The Bertz CT molecular complexity index is 1320. The molecule has 0 aliphatic carbocycles. The van der Waals surface area contributed by atoms with Crippen LogP contribution in [0.4, 0.5) is 0 Å². The molecule has 0 fully saturated rings. The number of aromatic nitrogens is 2. The van der Waals surface area contributed by atoms with Crippen molar-refractivity contribution in [3.63, 3.8) is 0 Å². The highest BCUT2D eigenvalue weighted by Gasteiger charge is 2.17. The highest BCUT2D eigenvalue weighted by atomic mass is 32.1. The van der Waals surface area contributed by atoms with Crippen molar-refractivity contribution in [2.75, 3.05) is 0 Å². The van der Waals surface area contributed by atoms with E-state index in [1.165, 1.54) is 0 Å². The normalized spacial score (nSPS) is 10.7. The number of hydrogen-bond donors (Lipinski definition) is 3. The summed E-state index contributed by atoms with van der Waals surface area (Å²) < 4.78 is 0.390. The molecule has 0 aliphatic rings. The van der Waals surface area contributed by atoms with Gasteiger partial charge < -0.3 is 15.1 Å². The Kier molecular flexibility index (Phi) is 4.30. The minimum atomic E-state index is -1.02. The Morgan fingerprint density at radius 2 is 1.61 bits per heavy atom. The van der Waals surface area contributed by atoms with Gasteiger partial charge in [-0.25, -0.2) is 4.79 Å². The molecule has 28 heavy (non-hydrogen) atoms. The number of aromatic carboxylic acids is 1. The summed E-state index contributed by atoms with van der Waals surface area (Å²) in [5.41, 5.74) is 6.39. The van der Waals surface area contributed by atoms with Crippen molar-refractivity contribution in [2.24, 2.45) is 0 Å². The van der Waals surface area contributed by atoms with Gasteiger partial charge in [0.2, 0.25) is 0 Å². The minimum Gasteiger partial charge on any atom is -0.478 e. The zero-order valence-corrected chi connectivity index (χ0v) is 15.7. The molecule has 3 aromatic carbocycles. The van der Waals surface area contributed by atoms with Crippen molar-refractivity contribution in [2.45, 2.75) is 6.92 Å². The van der Waals surface area contributed by atoms with Crippen LogP contribution >= 0.6 is 12.2 Å². The maximum absolute atomic E-state index is 11.7. The molecular formula is C22H15N3O2S. The number of rotatable bonds is 3. The van der Waals surface area contributed by atoms with Crippen molar-refractivity contribution in [3.8, 4) is 28.3 Å². The zero-order chi connectivity index (χ0) is 19.8. The number of aryl methyl sites for hydroxylation is 1. The molecule has 3 N–H and O–H groups in total. The van der Waals surface area contributed by atoms with Crippen LogP contribution in [0.5, 0.6) is 0 Å². The minimum absolute atomic E-state index is 0.168. The first-order valence-corrected chi connectivity index (χ1v) is 8.99.